The van der Waals surface area contributed by atoms with E-state index in [0.29, 0.717) is 32.7 Å². The molecule has 0 radical (unpaired) electrons. The van der Waals surface area contributed by atoms with Gasteiger partial charge in [0.05, 0.1) is 23.6 Å². The molecule has 0 aromatic heterocycles. The Balaban J connectivity index is 1.73. The van der Waals surface area contributed by atoms with E-state index in [1.807, 2.05) is 12.1 Å². The largest absolute Gasteiger partial charge is 0.496 e. The van der Waals surface area contributed by atoms with Gasteiger partial charge in [-0.05, 0) is 54.5 Å². The van der Waals surface area contributed by atoms with Gasteiger partial charge in [-0.15, -0.1) is 0 Å². The number of amides is 1. The minimum Gasteiger partial charge on any atom is -0.496 e. The van der Waals surface area contributed by atoms with Gasteiger partial charge in [0.2, 0.25) is 0 Å². The van der Waals surface area contributed by atoms with Gasteiger partial charge in [-0.3, -0.25) is 14.5 Å². The van der Waals surface area contributed by atoms with Crippen molar-refractivity contribution in [2.45, 2.75) is 19.4 Å². The minimum atomic E-state index is -0.903. The molecule has 0 unspecified atom stereocenters. The third-order valence-corrected chi connectivity index (χ3v) is 6.00. The van der Waals surface area contributed by atoms with Gasteiger partial charge in [0.15, 0.2) is 0 Å². The fraction of sp³-hybridized carbons (Fsp3) is 0.217. The standard InChI is InChI=1S/C23H20N2O5S2/c1-29-19-9-6-16(11-17(19)14-30-18-7-4-15(13-24)5-8-18)12-20-22(28)25(23(31)32-20)10-2-3-21(26)27/h4-9,11-12H,2-3,10,14H2,1H3,(H,26,27)/b20-12+. The molecule has 1 N–H and O–H groups in total. The molecule has 32 heavy (non-hydrogen) atoms. The van der Waals surface area contributed by atoms with Gasteiger partial charge in [0.25, 0.3) is 5.91 Å². The summed E-state index contributed by atoms with van der Waals surface area (Å²) in [5.41, 5.74) is 2.13. The van der Waals surface area contributed by atoms with E-state index in [2.05, 4.69) is 6.07 Å². The first-order valence-corrected chi connectivity index (χ1v) is 10.9. The summed E-state index contributed by atoms with van der Waals surface area (Å²) >= 11 is 6.49. The van der Waals surface area contributed by atoms with Crippen molar-refractivity contribution < 1.29 is 24.2 Å². The van der Waals surface area contributed by atoms with Crippen LogP contribution in [0.3, 0.4) is 0 Å². The van der Waals surface area contributed by atoms with Gasteiger partial charge >= 0.3 is 5.97 Å². The molecule has 9 heteroatoms. The van der Waals surface area contributed by atoms with E-state index in [4.69, 9.17) is 32.1 Å². The molecule has 1 aliphatic heterocycles. The van der Waals surface area contributed by atoms with Crippen molar-refractivity contribution in [1.82, 2.24) is 4.90 Å². The highest BCUT2D eigenvalue weighted by molar-refractivity contribution is 8.26. The second-order valence-corrected chi connectivity index (χ2v) is 8.50. The zero-order valence-electron chi connectivity index (χ0n) is 17.2. The summed E-state index contributed by atoms with van der Waals surface area (Å²) in [4.78, 5) is 25.3. The normalized spacial score (nSPS) is 14.5. The topological polar surface area (TPSA) is 99.9 Å². The summed E-state index contributed by atoms with van der Waals surface area (Å²) in [6, 6.07) is 14.4. The van der Waals surface area contributed by atoms with Crippen molar-refractivity contribution in [2.24, 2.45) is 0 Å². The van der Waals surface area contributed by atoms with Crippen LogP contribution in [0, 0.1) is 11.3 Å². The van der Waals surface area contributed by atoms with Gasteiger partial charge in [0.1, 0.15) is 22.4 Å². The molecule has 3 rings (SSSR count). The fourth-order valence-electron chi connectivity index (χ4n) is 3.02. The van der Waals surface area contributed by atoms with Crippen LogP contribution in [0.1, 0.15) is 29.5 Å². The Kier molecular flexibility index (Phi) is 7.87. The molecular formula is C23H20N2O5S2. The molecular weight excluding hydrogens is 448 g/mol. The molecule has 164 valence electrons. The number of thiocarbonyl (C=S) groups is 1. The SMILES string of the molecule is COc1ccc(/C=C2/SC(=S)N(CCCC(=O)O)C2=O)cc1COc1ccc(C#N)cc1. The number of nitrogens with zero attached hydrogens (tertiary/aromatic N) is 2. The van der Waals surface area contributed by atoms with E-state index in [1.54, 1.807) is 43.5 Å². The van der Waals surface area contributed by atoms with Crippen LogP contribution in [0.4, 0.5) is 0 Å². The molecule has 1 amide bonds. The molecule has 0 saturated carbocycles. The Morgan fingerprint density at radius 2 is 2.03 bits per heavy atom. The summed E-state index contributed by atoms with van der Waals surface area (Å²) in [5, 5.41) is 17.7. The van der Waals surface area contributed by atoms with Gasteiger partial charge in [-0.25, -0.2) is 0 Å². The smallest absolute Gasteiger partial charge is 0.303 e. The monoisotopic (exact) mass is 468 g/mol. The number of carbonyl (C=O) groups excluding carboxylic acids is 1. The quantitative estimate of drug-likeness (QED) is 0.432. The van der Waals surface area contributed by atoms with Crippen molar-refractivity contribution in [3.8, 4) is 17.6 Å². The average Bonchev–Trinajstić information content (AvgIpc) is 3.05. The summed E-state index contributed by atoms with van der Waals surface area (Å²) in [7, 11) is 1.57. The molecule has 7 nitrogen and oxygen atoms in total. The number of hydrogen-bond donors (Lipinski definition) is 1. The second-order valence-electron chi connectivity index (χ2n) is 6.83. The zero-order valence-corrected chi connectivity index (χ0v) is 18.9. The van der Waals surface area contributed by atoms with E-state index < -0.39 is 5.97 Å². The molecule has 0 bridgehead atoms. The summed E-state index contributed by atoms with van der Waals surface area (Å²) in [6.07, 6.45) is 2.08. The van der Waals surface area contributed by atoms with E-state index in [0.717, 1.165) is 11.1 Å². The first-order chi connectivity index (χ1) is 15.4. The minimum absolute atomic E-state index is 0.0167. The van der Waals surface area contributed by atoms with Crippen molar-refractivity contribution in [3.05, 3.63) is 64.1 Å². The van der Waals surface area contributed by atoms with Crippen LogP contribution in [-0.2, 0) is 16.2 Å². The maximum Gasteiger partial charge on any atom is 0.303 e. The maximum atomic E-state index is 12.7. The van der Waals surface area contributed by atoms with E-state index in [1.165, 1.54) is 16.7 Å². The first kappa shape index (κ1) is 23.3. The third-order valence-electron chi connectivity index (χ3n) is 4.63. The van der Waals surface area contributed by atoms with Crippen LogP contribution in [0.15, 0.2) is 47.4 Å². The molecule has 0 spiro atoms. The number of methoxy groups -OCH3 is 1. The number of aliphatic carboxylic acids is 1. The highest BCUT2D eigenvalue weighted by Crippen LogP contribution is 2.33. The van der Waals surface area contributed by atoms with Crippen LogP contribution in [0.2, 0.25) is 0 Å². The second kappa shape index (κ2) is 10.8. The third kappa shape index (κ3) is 5.87. The van der Waals surface area contributed by atoms with Crippen LogP contribution in [0.25, 0.3) is 6.08 Å². The van der Waals surface area contributed by atoms with E-state index in [-0.39, 0.29) is 25.5 Å². The van der Waals surface area contributed by atoms with Gasteiger partial charge in [-0.1, -0.05) is 30.0 Å². The molecule has 2 aromatic carbocycles. The number of carboxylic acids is 1. The van der Waals surface area contributed by atoms with Gasteiger partial charge < -0.3 is 14.6 Å². The van der Waals surface area contributed by atoms with Crippen molar-refractivity contribution in [2.75, 3.05) is 13.7 Å². The number of carbonyl (C=O) groups is 2. The van der Waals surface area contributed by atoms with Crippen LogP contribution >= 0.6 is 24.0 Å². The number of nitriles is 1. The lowest BCUT2D eigenvalue weighted by Gasteiger charge is -2.13. The van der Waals surface area contributed by atoms with Gasteiger partial charge in [-0.2, -0.15) is 5.26 Å². The highest BCUT2D eigenvalue weighted by atomic mass is 32.2. The van der Waals surface area contributed by atoms with E-state index >= 15 is 0 Å². The van der Waals surface area contributed by atoms with Crippen LogP contribution in [-0.4, -0.2) is 39.9 Å². The zero-order chi connectivity index (χ0) is 23.1. The highest BCUT2D eigenvalue weighted by Gasteiger charge is 2.31. The van der Waals surface area contributed by atoms with E-state index in [9.17, 15) is 9.59 Å². The first-order valence-electron chi connectivity index (χ1n) is 9.68. The number of benzene rings is 2. The average molecular weight is 469 g/mol. The molecule has 0 aliphatic carbocycles. The Bertz CT molecular complexity index is 1110. The Labute approximate surface area is 195 Å². The van der Waals surface area contributed by atoms with Crippen molar-refractivity contribution >= 4 is 46.3 Å². The number of thioether (sulfide) groups is 1. The number of ether oxygens (including phenoxy) is 2. The molecule has 2 aromatic rings. The lowest BCUT2D eigenvalue weighted by atomic mass is 10.1. The number of carboxylic acid groups (broad SMARTS) is 1. The summed E-state index contributed by atoms with van der Waals surface area (Å²) in [5.74, 6) is 0.146. The predicted octanol–water partition coefficient (Wildman–Crippen LogP) is 4.21. The Morgan fingerprint density at radius 1 is 1.28 bits per heavy atom. The fourth-order valence-corrected chi connectivity index (χ4v) is 4.33. The maximum absolute atomic E-state index is 12.7. The molecule has 1 saturated heterocycles. The van der Waals surface area contributed by atoms with Crippen LogP contribution < -0.4 is 9.47 Å². The molecule has 1 fully saturated rings. The lowest BCUT2D eigenvalue weighted by Crippen LogP contribution is -2.29. The Hall–Kier alpha value is -3.35. The molecule has 1 heterocycles. The van der Waals surface area contributed by atoms with Crippen LogP contribution in [0.5, 0.6) is 11.5 Å². The van der Waals surface area contributed by atoms with Crippen molar-refractivity contribution in [3.63, 3.8) is 0 Å². The predicted molar refractivity (Wildman–Crippen MR) is 125 cm³/mol. The van der Waals surface area contributed by atoms with Crippen molar-refractivity contribution in [1.29, 1.82) is 5.26 Å². The summed E-state index contributed by atoms with van der Waals surface area (Å²) in [6.45, 7) is 0.521. The van der Waals surface area contributed by atoms with Gasteiger partial charge in [0, 0.05) is 18.5 Å². The number of hydrogen-bond acceptors (Lipinski definition) is 7. The molecule has 1 aliphatic rings. The number of rotatable bonds is 9. The Morgan fingerprint density at radius 3 is 2.69 bits per heavy atom. The summed E-state index contributed by atoms with van der Waals surface area (Å²) < 4.78 is 11.7. The molecule has 0 atom stereocenters. The lowest BCUT2D eigenvalue weighted by molar-refractivity contribution is -0.137.